The Morgan fingerprint density at radius 1 is 1.39 bits per heavy atom. The van der Waals surface area contributed by atoms with Crippen molar-refractivity contribution in [2.45, 2.75) is 37.4 Å². The molecular weight excluding hydrogens is 262 g/mol. The maximum absolute atomic E-state index is 13.4. The third-order valence-electron chi connectivity index (χ3n) is 2.89. The van der Waals surface area contributed by atoms with Gasteiger partial charge >= 0.3 is 0 Å². The summed E-state index contributed by atoms with van der Waals surface area (Å²) in [6.07, 6.45) is 0.886. The summed E-state index contributed by atoms with van der Waals surface area (Å²) in [5.74, 6) is -1.97. The Morgan fingerprint density at radius 2 is 2.17 bits per heavy atom. The molecule has 0 radical (unpaired) electrons. The highest BCUT2D eigenvalue weighted by molar-refractivity contribution is 6.21. The third kappa shape index (κ3) is 2.75. The van der Waals surface area contributed by atoms with Crippen molar-refractivity contribution in [2.24, 2.45) is 0 Å². The molecule has 1 aliphatic rings. The van der Waals surface area contributed by atoms with Crippen molar-refractivity contribution in [3.05, 3.63) is 29.8 Å². The summed E-state index contributed by atoms with van der Waals surface area (Å²) in [4.78, 5) is 0. The van der Waals surface area contributed by atoms with Crippen LogP contribution in [0.5, 0.6) is 5.75 Å². The molecule has 0 spiro atoms. The zero-order valence-electron chi connectivity index (χ0n) is 10.0. The van der Waals surface area contributed by atoms with E-state index in [0.717, 1.165) is 12.5 Å². The predicted molar refractivity (Wildman–Crippen MR) is 65.1 cm³/mol. The summed E-state index contributed by atoms with van der Waals surface area (Å²) in [5.41, 5.74) is 0. The van der Waals surface area contributed by atoms with Crippen molar-refractivity contribution in [1.29, 1.82) is 0 Å². The lowest BCUT2D eigenvalue weighted by atomic mass is 9.91. The van der Waals surface area contributed by atoms with Gasteiger partial charge in [-0.1, -0.05) is 13.0 Å². The first-order valence-electron chi connectivity index (χ1n) is 5.99. The lowest BCUT2D eigenvalue weighted by Crippen LogP contribution is -2.52. The molecule has 1 saturated carbocycles. The molecule has 5 heteroatoms. The highest BCUT2D eigenvalue weighted by Crippen LogP contribution is 2.34. The van der Waals surface area contributed by atoms with Crippen LogP contribution in [0, 0.1) is 11.6 Å². The van der Waals surface area contributed by atoms with E-state index in [2.05, 4.69) is 0 Å². The normalized spacial score (nSPS) is 26.8. The number of ether oxygens (including phenoxy) is 2. The molecule has 2 nitrogen and oxygen atoms in total. The van der Waals surface area contributed by atoms with E-state index in [4.69, 9.17) is 21.1 Å². The van der Waals surface area contributed by atoms with E-state index < -0.39 is 11.6 Å². The minimum atomic E-state index is -0.968. The second-order valence-corrected chi connectivity index (χ2v) is 4.86. The van der Waals surface area contributed by atoms with Gasteiger partial charge in [0.15, 0.2) is 11.6 Å². The molecule has 0 aromatic heterocycles. The monoisotopic (exact) mass is 276 g/mol. The van der Waals surface area contributed by atoms with Gasteiger partial charge in [0.25, 0.3) is 0 Å². The fourth-order valence-electron chi connectivity index (χ4n) is 1.85. The number of benzene rings is 1. The molecule has 0 saturated heterocycles. The van der Waals surface area contributed by atoms with Crippen LogP contribution >= 0.6 is 11.6 Å². The Labute approximate surface area is 110 Å². The molecule has 0 N–H and O–H groups in total. The van der Waals surface area contributed by atoms with Crippen molar-refractivity contribution >= 4 is 11.6 Å². The number of hydrogen-bond donors (Lipinski definition) is 0. The molecule has 0 bridgehead atoms. The molecular formula is C13H15ClF2O2. The van der Waals surface area contributed by atoms with Gasteiger partial charge in [0, 0.05) is 13.0 Å². The van der Waals surface area contributed by atoms with Gasteiger partial charge in [-0.05, 0) is 18.6 Å². The third-order valence-corrected chi connectivity index (χ3v) is 3.32. The Hall–Kier alpha value is -0.870. The molecule has 1 aromatic rings. The van der Waals surface area contributed by atoms with E-state index in [1.165, 1.54) is 12.1 Å². The van der Waals surface area contributed by atoms with Crippen LogP contribution in [-0.2, 0) is 4.74 Å². The van der Waals surface area contributed by atoms with Crippen molar-refractivity contribution in [1.82, 2.24) is 0 Å². The van der Waals surface area contributed by atoms with Crippen LogP contribution in [0.3, 0.4) is 0 Å². The molecule has 100 valence electrons. The first kappa shape index (κ1) is 13.6. The van der Waals surface area contributed by atoms with Crippen LogP contribution in [0.4, 0.5) is 8.78 Å². The van der Waals surface area contributed by atoms with Gasteiger partial charge in [-0.2, -0.15) is 4.39 Å². The van der Waals surface area contributed by atoms with E-state index >= 15 is 0 Å². The van der Waals surface area contributed by atoms with E-state index in [-0.39, 0.29) is 23.3 Å². The predicted octanol–water partition coefficient (Wildman–Crippen LogP) is 3.52. The van der Waals surface area contributed by atoms with Crippen LogP contribution in [-0.4, -0.2) is 24.2 Å². The summed E-state index contributed by atoms with van der Waals surface area (Å²) >= 11 is 6.01. The second kappa shape index (κ2) is 5.85. The van der Waals surface area contributed by atoms with Crippen LogP contribution in [0.2, 0.25) is 0 Å². The van der Waals surface area contributed by atoms with E-state index in [9.17, 15) is 8.78 Å². The fraction of sp³-hybridized carbons (Fsp3) is 0.538. The molecule has 0 heterocycles. The highest BCUT2D eigenvalue weighted by Gasteiger charge is 2.43. The van der Waals surface area contributed by atoms with Crippen molar-refractivity contribution in [3.63, 3.8) is 0 Å². The average molecular weight is 277 g/mol. The van der Waals surface area contributed by atoms with Crippen molar-refractivity contribution in [3.8, 4) is 5.75 Å². The molecule has 0 aliphatic heterocycles. The molecule has 1 fully saturated rings. The number of rotatable bonds is 5. The van der Waals surface area contributed by atoms with Crippen LogP contribution < -0.4 is 4.74 Å². The lowest BCUT2D eigenvalue weighted by Gasteiger charge is -2.40. The van der Waals surface area contributed by atoms with E-state index in [0.29, 0.717) is 13.0 Å². The summed E-state index contributed by atoms with van der Waals surface area (Å²) in [6.45, 7) is 2.57. The summed E-state index contributed by atoms with van der Waals surface area (Å²) < 4.78 is 37.4. The van der Waals surface area contributed by atoms with Gasteiger partial charge in [-0.15, -0.1) is 11.6 Å². The van der Waals surface area contributed by atoms with Gasteiger partial charge < -0.3 is 9.47 Å². The van der Waals surface area contributed by atoms with Gasteiger partial charge in [0.05, 0.1) is 5.38 Å². The zero-order chi connectivity index (χ0) is 13.1. The minimum absolute atomic E-state index is 0.0892. The Balaban J connectivity index is 1.99. The largest absolute Gasteiger partial charge is 0.484 e. The summed E-state index contributed by atoms with van der Waals surface area (Å²) in [6, 6.07) is 3.86. The van der Waals surface area contributed by atoms with Gasteiger partial charge in [0.2, 0.25) is 5.82 Å². The van der Waals surface area contributed by atoms with Crippen molar-refractivity contribution < 1.29 is 18.3 Å². The maximum Gasteiger partial charge on any atom is 0.200 e. The van der Waals surface area contributed by atoms with Crippen LogP contribution in [0.25, 0.3) is 0 Å². The summed E-state index contributed by atoms with van der Waals surface area (Å²) in [7, 11) is 0. The molecule has 1 aromatic carbocycles. The molecule has 0 amide bonds. The highest BCUT2D eigenvalue weighted by atomic mass is 35.5. The van der Waals surface area contributed by atoms with E-state index in [1.807, 2.05) is 6.92 Å². The maximum atomic E-state index is 13.4. The number of alkyl halides is 1. The fourth-order valence-corrected chi connectivity index (χ4v) is 2.26. The first-order valence-corrected chi connectivity index (χ1v) is 6.43. The smallest absolute Gasteiger partial charge is 0.200 e. The Kier molecular flexibility index (Phi) is 4.40. The lowest BCUT2D eigenvalue weighted by molar-refractivity contribution is -0.0809. The summed E-state index contributed by atoms with van der Waals surface area (Å²) in [5, 5.41) is -0.127. The van der Waals surface area contributed by atoms with Crippen LogP contribution in [0.15, 0.2) is 18.2 Å². The Bertz CT molecular complexity index is 414. The van der Waals surface area contributed by atoms with Gasteiger partial charge in [-0.3, -0.25) is 0 Å². The van der Waals surface area contributed by atoms with Crippen LogP contribution in [0.1, 0.15) is 19.8 Å². The average Bonchev–Trinajstić information content (AvgIpc) is 2.34. The minimum Gasteiger partial charge on any atom is -0.484 e. The second-order valence-electron chi connectivity index (χ2n) is 4.30. The quantitative estimate of drug-likeness (QED) is 0.766. The zero-order valence-corrected chi connectivity index (χ0v) is 10.8. The van der Waals surface area contributed by atoms with Gasteiger partial charge in [0.1, 0.15) is 12.2 Å². The molecule has 2 rings (SSSR count). The van der Waals surface area contributed by atoms with E-state index in [1.54, 1.807) is 0 Å². The standard InChI is InChI=1S/C13H15ClF2O2/c1-2-6-17-13-8(14)7-11(13)18-10-5-3-4-9(15)12(10)16/h3-5,8,11,13H,2,6-7H2,1H3. The molecule has 3 atom stereocenters. The number of halogens is 3. The molecule has 3 unspecified atom stereocenters. The molecule has 1 aliphatic carbocycles. The topological polar surface area (TPSA) is 18.5 Å². The Morgan fingerprint density at radius 3 is 2.83 bits per heavy atom. The molecule has 18 heavy (non-hydrogen) atoms. The van der Waals surface area contributed by atoms with Gasteiger partial charge in [-0.25, -0.2) is 4.39 Å². The number of hydrogen-bond acceptors (Lipinski definition) is 2. The van der Waals surface area contributed by atoms with Crippen molar-refractivity contribution in [2.75, 3.05) is 6.61 Å². The first-order chi connectivity index (χ1) is 8.63. The SMILES string of the molecule is CCCOC1C(Cl)CC1Oc1cccc(F)c1F.